The van der Waals surface area contributed by atoms with E-state index in [0.717, 1.165) is 49.3 Å². The molecule has 0 bridgehead atoms. The molecule has 0 atom stereocenters. The molecule has 9 heteroatoms. The van der Waals surface area contributed by atoms with Crippen molar-refractivity contribution in [2.75, 3.05) is 19.9 Å². The fraction of sp³-hybridized carbons (Fsp3) is 0.471. The maximum absolute atomic E-state index is 5.41. The van der Waals surface area contributed by atoms with Gasteiger partial charge in [-0.3, -0.25) is 0 Å². The normalized spacial score (nSPS) is 12.6. The van der Waals surface area contributed by atoms with Gasteiger partial charge in [0.25, 0.3) is 0 Å². The van der Waals surface area contributed by atoms with Crippen LogP contribution in [0.2, 0.25) is 0 Å². The minimum absolute atomic E-state index is 0. The van der Waals surface area contributed by atoms with E-state index in [4.69, 9.17) is 9.47 Å². The number of halogens is 1. The van der Waals surface area contributed by atoms with E-state index in [0.29, 0.717) is 13.3 Å². The van der Waals surface area contributed by atoms with E-state index in [1.54, 1.807) is 6.33 Å². The van der Waals surface area contributed by atoms with E-state index >= 15 is 0 Å². The highest BCUT2D eigenvalue weighted by atomic mass is 127. The first-order valence-corrected chi connectivity index (χ1v) is 8.57. The number of aryl methyl sites for hydroxylation is 1. The number of ether oxygens (including phenoxy) is 2. The minimum atomic E-state index is 0. The van der Waals surface area contributed by atoms with Gasteiger partial charge in [-0.15, -0.1) is 34.2 Å². The molecule has 0 unspecified atom stereocenters. The second-order valence-electron chi connectivity index (χ2n) is 5.59. The van der Waals surface area contributed by atoms with Crippen LogP contribution < -0.4 is 20.1 Å². The molecule has 0 amide bonds. The predicted octanol–water partition coefficient (Wildman–Crippen LogP) is 1.94. The Morgan fingerprint density at radius 3 is 2.88 bits per heavy atom. The molecule has 0 saturated heterocycles. The quantitative estimate of drug-likeness (QED) is 0.364. The Kier molecular flexibility index (Phi) is 7.95. The largest absolute Gasteiger partial charge is 0.454 e. The summed E-state index contributed by atoms with van der Waals surface area (Å²) in [4.78, 5) is 4.58. The molecular weight excluding hydrogens is 447 g/mol. The third kappa shape index (κ3) is 5.23. The van der Waals surface area contributed by atoms with Crippen LogP contribution in [0.25, 0.3) is 0 Å². The molecule has 142 valence electrons. The van der Waals surface area contributed by atoms with Crippen molar-refractivity contribution in [2.45, 2.75) is 33.4 Å². The lowest BCUT2D eigenvalue weighted by atomic mass is 10.1. The Hall–Kier alpha value is -2.04. The molecule has 1 aromatic heterocycles. The first kappa shape index (κ1) is 20.3. The molecule has 0 spiro atoms. The molecule has 1 aromatic carbocycles. The lowest BCUT2D eigenvalue weighted by Gasteiger charge is -2.11. The van der Waals surface area contributed by atoms with Crippen molar-refractivity contribution in [1.82, 2.24) is 25.4 Å². The zero-order chi connectivity index (χ0) is 17.5. The second-order valence-corrected chi connectivity index (χ2v) is 5.59. The summed E-state index contributed by atoms with van der Waals surface area (Å²) >= 11 is 0. The van der Waals surface area contributed by atoms with Crippen LogP contribution >= 0.6 is 24.0 Å². The molecule has 26 heavy (non-hydrogen) atoms. The molecule has 2 heterocycles. The summed E-state index contributed by atoms with van der Waals surface area (Å²) < 4.78 is 12.7. The van der Waals surface area contributed by atoms with Crippen molar-refractivity contribution in [3.8, 4) is 11.5 Å². The van der Waals surface area contributed by atoms with Crippen molar-refractivity contribution >= 4 is 29.9 Å². The lowest BCUT2D eigenvalue weighted by Crippen LogP contribution is -2.38. The molecule has 0 saturated carbocycles. The smallest absolute Gasteiger partial charge is 0.231 e. The number of nitrogens with zero attached hydrogens (tertiary/aromatic N) is 4. The summed E-state index contributed by atoms with van der Waals surface area (Å²) in [6.07, 6.45) is 2.59. The molecule has 0 fully saturated rings. The van der Waals surface area contributed by atoms with Crippen LogP contribution in [0, 0.1) is 0 Å². The summed E-state index contributed by atoms with van der Waals surface area (Å²) in [5.41, 5.74) is 1.19. The fourth-order valence-electron chi connectivity index (χ4n) is 2.58. The van der Waals surface area contributed by atoms with Crippen LogP contribution in [-0.4, -0.2) is 40.6 Å². The minimum Gasteiger partial charge on any atom is -0.454 e. The number of hydrogen-bond acceptors (Lipinski definition) is 5. The van der Waals surface area contributed by atoms with Crippen LogP contribution in [0.4, 0.5) is 0 Å². The highest BCUT2D eigenvalue weighted by Crippen LogP contribution is 2.32. The maximum Gasteiger partial charge on any atom is 0.231 e. The maximum atomic E-state index is 5.41. The van der Waals surface area contributed by atoms with Crippen LogP contribution in [0.5, 0.6) is 11.5 Å². The van der Waals surface area contributed by atoms with E-state index < -0.39 is 0 Å². The van der Waals surface area contributed by atoms with Crippen molar-refractivity contribution in [2.24, 2.45) is 4.99 Å². The molecule has 1 aliphatic heterocycles. The van der Waals surface area contributed by atoms with Crippen molar-refractivity contribution in [3.63, 3.8) is 0 Å². The number of benzene rings is 1. The number of guanidine groups is 1. The van der Waals surface area contributed by atoms with E-state index in [1.807, 2.05) is 23.6 Å². The van der Waals surface area contributed by atoms with Crippen molar-refractivity contribution < 1.29 is 9.47 Å². The second kappa shape index (κ2) is 10.2. The monoisotopic (exact) mass is 472 g/mol. The third-order valence-electron chi connectivity index (χ3n) is 3.90. The topological polar surface area (TPSA) is 85.6 Å². The van der Waals surface area contributed by atoms with E-state index in [2.05, 4.69) is 38.8 Å². The molecule has 3 rings (SSSR count). The van der Waals surface area contributed by atoms with Gasteiger partial charge in [-0.25, -0.2) is 4.99 Å². The SMILES string of the molecule is CCNC(=NCc1nncn1CC)NCCc1ccc2c(c1)OCO2.I. The highest BCUT2D eigenvalue weighted by molar-refractivity contribution is 14.0. The molecule has 8 nitrogen and oxygen atoms in total. The molecular formula is C17H25IN6O2. The number of hydrogen-bond donors (Lipinski definition) is 2. The van der Waals surface area contributed by atoms with Gasteiger partial charge < -0.3 is 24.7 Å². The van der Waals surface area contributed by atoms with Crippen molar-refractivity contribution in [1.29, 1.82) is 0 Å². The molecule has 0 radical (unpaired) electrons. The highest BCUT2D eigenvalue weighted by Gasteiger charge is 2.13. The Balaban J connectivity index is 0.00000243. The van der Waals surface area contributed by atoms with Gasteiger partial charge >= 0.3 is 0 Å². The molecule has 2 N–H and O–H groups in total. The average Bonchev–Trinajstić information content (AvgIpc) is 3.27. The van der Waals surface area contributed by atoms with Gasteiger partial charge in [0.05, 0.1) is 0 Å². The van der Waals surface area contributed by atoms with E-state index in [9.17, 15) is 0 Å². The molecule has 0 aliphatic carbocycles. The number of rotatable bonds is 7. The summed E-state index contributed by atoms with van der Waals surface area (Å²) in [6.45, 7) is 7.31. The van der Waals surface area contributed by atoms with Crippen LogP contribution in [0.3, 0.4) is 0 Å². The zero-order valence-corrected chi connectivity index (χ0v) is 17.4. The van der Waals surface area contributed by atoms with E-state index in [-0.39, 0.29) is 24.0 Å². The summed E-state index contributed by atoms with van der Waals surface area (Å²) in [6, 6.07) is 6.04. The first-order valence-electron chi connectivity index (χ1n) is 8.57. The number of nitrogens with one attached hydrogen (secondary N) is 2. The van der Waals surface area contributed by atoms with Gasteiger partial charge in [-0.2, -0.15) is 0 Å². The number of aliphatic imine (C=N–C) groups is 1. The Labute approximate surface area is 170 Å². The molecule has 1 aliphatic rings. The van der Waals surface area contributed by atoms with Crippen LogP contribution in [0.15, 0.2) is 29.5 Å². The van der Waals surface area contributed by atoms with Gasteiger partial charge in [0.1, 0.15) is 12.9 Å². The molecule has 2 aromatic rings. The fourth-order valence-corrected chi connectivity index (χ4v) is 2.58. The van der Waals surface area contributed by atoms with Gasteiger partial charge in [-0.1, -0.05) is 6.07 Å². The summed E-state index contributed by atoms with van der Waals surface area (Å²) in [5.74, 6) is 3.26. The van der Waals surface area contributed by atoms with E-state index in [1.165, 1.54) is 5.56 Å². The predicted molar refractivity (Wildman–Crippen MR) is 110 cm³/mol. The first-order chi connectivity index (χ1) is 12.3. The lowest BCUT2D eigenvalue weighted by molar-refractivity contribution is 0.174. The number of fused-ring (bicyclic) bond motifs is 1. The van der Waals surface area contributed by atoms with Gasteiger partial charge in [0.2, 0.25) is 6.79 Å². The van der Waals surface area contributed by atoms with Crippen LogP contribution in [0.1, 0.15) is 25.2 Å². The Morgan fingerprint density at radius 2 is 2.08 bits per heavy atom. The summed E-state index contributed by atoms with van der Waals surface area (Å²) in [7, 11) is 0. The number of aromatic nitrogens is 3. The average molecular weight is 472 g/mol. The standard InChI is InChI=1S/C17H24N6O2.HI/c1-3-18-17(20-10-16-22-21-11-23(16)4-2)19-8-7-13-5-6-14-15(9-13)25-12-24-14;/h5-6,9,11H,3-4,7-8,10,12H2,1-2H3,(H2,18,19,20);1H. The van der Waals surface area contributed by atoms with Gasteiger partial charge in [0, 0.05) is 19.6 Å². The van der Waals surface area contributed by atoms with Crippen molar-refractivity contribution in [3.05, 3.63) is 35.9 Å². The van der Waals surface area contributed by atoms with Gasteiger partial charge in [0.15, 0.2) is 23.3 Å². The zero-order valence-electron chi connectivity index (χ0n) is 15.1. The third-order valence-corrected chi connectivity index (χ3v) is 3.90. The Morgan fingerprint density at radius 1 is 1.23 bits per heavy atom. The Bertz CT molecular complexity index is 734. The summed E-state index contributed by atoms with van der Waals surface area (Å²) in [5, 5.41) is 14.6. The van der Waals surface area contributed by atoms with Crippen LogP contribution in [-0.2, 0) is 19.5 Å². The van der Waals surface area contributed by atoms with Gasteiger partial charge in [-0.05, 0) is 38.0 Å².